The topological polar surface area (TPSA) is 71.7 Å². The summed E-state index contributed by atoms with van der Waals surface area (Å²) in [6, 6.07) is 8.78. The van der Waals surface area contributed by atoms with E-state index in [1.54, 1.807) is 18.2 Å². The third kappa shape index (κ3) is 4.36. The summed E-state index contributed by atoms with van der Waals surface area (Å²) in [5.41, 5.74) is 1.12. The standard InChI is InChI=1S/C16H19NO4/c1-11(2)21-14-5-3-4-12(8-14)15(18)9-17-16(19)13-6-7-20-10-13/h3-8,10-11,15,18H,9H2,1-2H3,(H,17,19). The number of ether oxygens (including phenoxy) is 1. The van der Waals surface area contributed by atoms with Crippen LogP contribution in [0.5, 0.6) is 5.75 Å². The minimum atomic E-state index is -0.795. The van der Waals surface area contributed by atoms with Crippen molar-refractivity contribution >= 4 is 5.91 Å². The maximum absolute atomic E-state index is 11.7. The van der Waals surface area contributed by atoms with Crippen molar-refractivity contribution in [2.45, 2.75) is 26.1 Å². The lowest BCUT2D eigenvalue weighted by Gasteiger charge is -2.15. The molecule has 0 radical (unpaired) electrons. The van der Waals surface area contributed by atoms with Crippen molar-refractivity contribution in [3.63, 3.8) is 0 Å². The largest absolute Gasteiger partial charge is 0.491 e. The molecule has 0 spiro atoms. The first-order chi connectivity index (χ1) is 10.1. The van der Waals surface area contributed by atoms with E-state index in [0.29, 0.717) is 16.9 Å². The van der Waals surface area contributed by atoms with E-state index >= 15 is 0 Å². The summed E-state index contributed by atoms with van der Waals surface area (Å²) < 4.78 is 10.4. The Labute approximate surface area is 123 Å². The van der Waals surface area contributed by atoms with Crippen LogP contribution >= 0.6 is 0 Å². The van der Waals surface area contributed by atoms with Gasteiger partial charge < -0.3 is 19.6 Å². The number of nitrogens with one attached hydrogen (secondary N) is 1. The van der Waals surface area contributed by atoms with Crippen molar-refractivity contribution in [2.75, 3.05) is 6.54 Å². The van der Waals surface area contributed by atoms with Crippen LogP contribution in [0.1, 0.15) is 35.9 Å². The fourth-order valence-corrected chi connectivity index (χ4v) is 1.87. The molecule has 0 aliphatic carbocycles. The van der Waals surface area contributed by atoms with Gasteiger partial charge in [-0.05, 0) is 37.6 Å². The van der Waals surface area contributed by atoms with Gasteiger partial charge in [0.2, 0.25) is 0 Å². The van der Waals surface area contributed by atoms with Gasteiger partial charge in [-0.3, -0.25) is 4.79 Å². The van der Waals surface area contributed by atoms with Crippen LogP contribution in [0.2, 0.25) is 0 Å². The van der Waals surface area contributed by atoms with Crippen molar-refractivity contribution < 1.29 is 19.1 Å². The van der Waals surface area contributed by atoms with Crippen LogP contribution in [-0.4, -0.2) is 23.7 Å². The first-order valence-corrected chi connectivity index (χ1v) is 6.81. The van der Waals surface area contributed by atoms with Gasteiger partial charge >= 0.3 is 0 Å². The van der Waals surface area contributed by atoms with E-state index in [1.165, 1.54) is 12.5 Å². The quantitative estimate of drug-likeness (QED) is 0.857. The molecule has 1 unspecified atom stereocenters. The first kappa shape index (κ1) is 15.1. The molecule has 1 amide bonds. The van der Waals surface area contributed by atoms with Crippen molar-refractivity contribution in [1.82, 2.24) is 5.32 Å². The maximum atomic E-state index is 11.7. The normalized spacial score (nSPS) is 12.2. The summed E-state index contributed by atoms with van der Waals surface area (Å²) in [5.74, 6) is 0.417. The molecule has 5 nitrogen and oxygen atoms in total. The number of hydrogen-bond donors (Lipinski definition) is 2. The molecule has 1 aromatic carbocycles. The number of furan rings is 1. The minimum absolute atomic E-state index is 0.0678. The highest BCUT2D eigenvalue weighted by Crippen LogP contribution is 2.20. The highest BCUT2D eigenvalue weighted by Gasteiger charge is 2.12. The van der Waals surface area contributed by atoms with E-state index in [-0.39, 0.29) is 18.6 Å². The van der Waals surface area contributed by atoms with Crippen LogP contribution in [0.25, 0.3) is 0 Å². The average Bonchev–Trinajstić information content (AvgIpc) is 2.98. The third-order valence-electron chi connectivity index (χ3n) is 2.85. The number of benzene rings is 1. The highest BCUT2D eigenvalue weighted by atomic mass is 16.5. The van der Waals surface area contributed by atoms with E-state index in [0.717, 1.165) is 0 Å². The van der Waals surface area contributed by atoms with Crippen LogP contribution in [0.3, 0.4) is 0 Å². The second-order valence-corrected chi connectivity index (χ2v) is 4.98. The predicted molar refractivity (Wildman–Crippen MR) is 78.2 cm³/mol. The van der Waals surface area contributed by atoms with Gasteiger partial charge in [0.15, 0.2) is 0 Å². The Balaban J connectivity index is 1.94. The zero-order chi connectivity index (χ0) is 15.2. The lowest BCUT2D eigenvalue weighted by molar-refractivity contribution is 0.0915. The number of hydrogen-bond acceptors (Lipinski definition) is 4. The molecule has 2 aromatic rings. The first-order valence-electron chi connectivity index (χ1n) is 6.81. The van der Waals surface area contributed by atoms with Crippen LogP contribution in [0.4, 0.5) is 0 Å². The molecule has 0 saturated carbocycles. The molecular formula is C16H19NO4. The van der Waals surface area contributed by atoms with Crippen molar-refractivity contribution in [1.29, 1.82) is 0 Å². The Kier molecular flexibility index (Phi) is 5.00. The number of rotatable bonds is 6. The Morgan fingerprint density at radius 3 is 2.86 bits per heavy atom. The molecule has 0 bridgehead atoms. The number of carbonyl (C=O) groups excluding carboxylic acids is 1. The molecule has 2 N–H and O–H groups in total. The van der Waals surface area contributed by atoms with Gasteiger partial charge in [-0.25, -0.2) is 0 Å². The zero-order valence-electron chi connectivity index (χ0n) is 12.1. The Morgan fingerprint density at radius 1 is 1.38 bits per heavy atom. The summed E-state index contributed by atoms with van der Waals surface area (Å²) in [6.07, 6.45) is 2.06. The van der Waals surface area contributed by atoms with Gasteiger partial charge in [0.05, 0.1) is 24.0 Å². The third-order valence-corrected chi connectivity index (χ3v) is 2.85. The number of carbonyl (C=O) groups is 1. The monoisotopic (exact) mass is 289 g/mol. The molecule has 0 fully saturated rings. The summed E-state index contributed by atoms with van der Waals surface area (Å²) in [4.78, 5) is 11.7. The van der Waals surface area contributed by atoms with Crippen molar-refractivity contribution in [2.24, 2.45) is 0 Å². The Bertz CT molecular complexity index is 578. The van der Waals surface area contributed by atoms with Gasteiger partial charge in [-0.2, -0.15) is 0 Å². The van der Waals surface area contributed by atoms with Gasteiger partial charge in [-0.1, -0.05) is 12.1 Å². The molecule has 1 heterocycles. The average molecular weight is 289 g/mol. The number of amides is 1. The van der Waals surface area contributed by atoms with Crippen molar-refractivity contribution in [3.8, 4) is 5.75 Å². The smallest absolute Gasteiger partial charge is 0.254 e. The molecule has 1 atom stereocenters. The van der Waals surface area contributed by atoms with Gasteiger partial charge in [0, 0.05) is 6.54 Å². The predicted octanol–water partition coefficient (Wildman–Crippen LogP) is 2.53. The second kappa shape index (κ2) is 6.95. The molecule has 5 heteroatoms. The van der Waals surface area contributed by atoms with E-state index in [2.05, 4.69) is 5.32 Å². The molecule has 21 heavy (non-hydrogen) atoms. The Hall–Kier alpha value is -2.27. The number of aliphatic hydroxyl groups excluding tert-OH is 1. The molecule has 0 saturated heterocycles. The lowest BCUT2D eigenvalue weighted by atomic mass is 10.1. The SMILES string of the molecule is CC(C)Oc1cccc(C(O)CNC(=O)c2ccoc2)c1. The zero-order valence-corrected chi connectivity index (χ0v) is 12.1. The summed E-state index contributed by atoms with van der Waals surface area (Å²) >= 11 is 0. The molecule has 1 aromatic heterocycles. The van der Waals surface area contributed by atoms with Crippen LogP contribution in [-0.2, 0) is 0 Å². The summed E-state index contributed by atoms with van der Waals surface area (Å²) in [6.45, 7) is 4.00. The van der Waals surface area contributed by atoms with Crippen LogP contribution < -0.4 is 10.1 Å². The highest BCUT2D eigenvalue weighted by molar-refractivity contribution is 5.93. The van der Waals surface area contributed by atoms with Crippen LogP contribution in [0.15, 0.2) is 47.3 Å². The molecular weight excluding hydrogens is 270 g/mol. The van der Waals surface area contributed by atoms with Crippen molar-refractivity contribution in [3.05, 3.63) is 54.0 Å². The van der Waals surface area contributed by atoms with E-state index in [1.807, 2.05) is 26.0 Å². The molecule has 0 aliphatic heterocycles. The Morgan fingerprint density at radius 2 is 2.19 bits per heavy atom. The second-order valence-electron chi connectivity index (χ2n) is 4.98. The fraction of sp³-hybridized carbons (Fsp3) is 0.312. The van der Waals surface area contributed by atoms with E-state index < -0.39 is 6.10 Å². The van der Waals surface area contributed by atoms with E-state index in [4.69, 9.17) is 9.15 Å². The molecule has 2 rings (SSSR count). The van der Waals surface area contributed by atoms with Gasteiger partial charge in [0.1, 0.15) is 12.0 Å². The number of aliphatic hydroxyl groups is 1. The molecule has 112 valence electrons. The maximum Gasteiger partial charge on any atom is 0.254 e. The fourth-order valence-electron chi connectivity index (χ4n) is 1.87. The van der Waals surface area contributed by atoms with E-state index in [9.17, 15) is 9.90 Å². The summed E-state index contributed by atoms with van der Waals surface area (Å²) in [5, 5.41) is 12.8. The lowest BCUT2D eigenvalue weighted by Crippen LogP contribution is -2.28. The van der Waals surface area contributed by atoms with Gasteiger partial charge in [-0.15, -0.1) is 0 Å². The minimum Gasteiger partial charge on any atom is -0.491 e. The van der Waals surface area contributed by atoms with Gasteiger partial charge in [0.25, 0.3) is 5.91 Å². The summed E-state index contributed by atoms with van der Waals surface area (Å²) in [7, 11) is 0. The van der Waals surface area contributed by atoms with Crippen LogP contribution in [0, 0.1) is 0 Å². The molecule has 0 aliphatic rings.